The van der Waals surface area contributed by atoms with E-state index in [0.29, 0.717) is 5.69 Å². The molecule has 0 saturated heterocycles. The molecule has 0 aliphatic rings. The van der Waals surface area contributed by atoms with Gasteiger partial charge in [0.15, 0.2) is 0 Å². The average Bonchev–Trinajstić information content (AvgIpc) is 2.49. The van der Waals surface area contributed by atoms with Gasteiger partial charge in [-0.1, -0.05) is 24.3 Å². The smallest absolute Gasteiger partial charge is 0.326 e. The summed E-state index contributed by atoms with van der Waals surface area (Å²) in [4.78, 5) is 23.6. The van der Waals surface area contributed by atoms with Gasteiger partial charge in [0.1, 0.15) is 6.42 Å². The highest BCUT2D eigenvalue weighted by Gasteiger charge is 2.30. The molecular formula is C17H15F3N2O2. The second kappa shape index (κ2) is 7.16. The molecule has 2 aromatic rings. The third kappa shape index (κ3) is 4.84. The lowest BCUT2D eigenvalue weighted by Gasteiger charge is -2.10. The second-order valence-corrected chi connectivity index (χ2v) is 5.17. The maximum absolute atomic E-state index is 12.6. The Morgan fingerprint density at radius 2 is 1.62 bits per heavy atom. The van der Waals surface area contributed by atoms with E-state index in [1.807, 2.05) is 6.07 Å². The van der Waals surface area contributed by atoms with Gasteiger partial charge in [0.25, 0.3) is 0 Å². The van der Waals surface area contributed by atoms with Crippen LogP contribution in [0.15, 0.2) is 48.5 Å². The minimum atomic E-state index is -4.50. The molecule has 2 aromatic carbocycles. The summed E-state index contributed by atoms with van der Waals surface area (Å²) in [7, 11) is 0. The zero-order chi connectivity index (χ0) is 17.7. The summed E-state index contributed by atoms with van der Waals surface area (Å²) in [5.41, 5.74) is 0.529. The van der Waals surface area contributed by atoms with Crippen LogP contribution in [-0.4, -0.2) is 11.8 Å². The van der Waals surface area contributed by atoms with Crippen LogP contribution in [0.1, 0.15) is 17.5 Å². The molecule has 0 radical (unpaired) electrons. The van der Waals surface area contributed by atoms with Crippen LogP contribution in [0.4, 0.5) is 24.5 Å². The largest absolute Gasteiger partial charge is 0.416 e. The highest BCUT2D eigenvalue weighted by molar-refractivity contribution is 6.08. The fraction of sp³-hybridized carbons (Fsp3) is 0.176. The molecule has 2 amide bonds. The zero-order valence-corrected chi connectivity index (χ0v) is 12.8. The molecule has 0 saturated carbocycles. The number of aryl methyl sites for hydroxylation is 1. The van der Waals surface area contributed by atoms with E-state index in [-0.39, 0.29) is 5.69 Å². The number of halogens is 3. The van der Waals surface area contributed by atoms with Gasteiger partial charge in [-0.2, -0.15) is 13.2 Å². The Balaban J connectivity index is 1.96. The number of amides is 2. The molecule has 0 atom stereocenters. The van der Waals surface area contributed by atoms with Crippen molar-refractivity contribution < 1.29 is 22.8 Å². The Labute approximate surface area is 136 Å². The van der Waals surface area contributed by atoms with Gasteiger partial charge in [0.05, 0.1) is 5.56 Å². The average molecular weight is 336 g/mol. The number of hydrogen-bond donors (Lipinski definition) is 2. The van der Waals surface area contributed by atoms with Crippen LogP contribution in [0, 0.1) is 6.92 Å². The van der Waals surface area contributed by atoms with E-state index in [9.17, 15) is 22.8 Å². The molecule has 0 aliphatic carbocycles. The lowest BCUT2D eigenvalue weighted by Crippen LogP contribution is -2.22. The first kappa shape index (κ1) is 17.5. The number of hydrogen-bond acceptors (Lipinski definition) is 2. The Hall–Kier alpha value is -2.83. The standard InChI is InChI=1S/C17H15F3N2O2/c1-11-5-2-3-8-14(11)22-16(24)10-15(23)21-13-7-4-6-12(9-13)17(18,19)20/h2-9H,10H2,1H3,(H,21,23)(H,22,24). The van der Waals surface area contributed by atoms with Crippen molar-refractivity contribution in [2.24, 2.45) is 0 Å². The van der Waals surface area contributed by atoms with Gasteiger partial charge in [-0.3, -0.25) is 9.59 Å². The molecule has 126 valence electrons. The van der Waals surface area contributed by atoms with Crippen LogP contribution in [0.2, 0.25) is 0 Å². The molecule has 2 N–H and O–H groups in total. The molecule has 0 aliphatic heterocycles. The minimum Gasteiger partial charge on any atom is -0.326 e. The van der Waals surface area contributed by atoms with E-state index in [2.05, 4.69) is 10.6 Å². The maximum atomic E-state index is 12.6. The van der Waals surface area contributed by atoms with Crippen molar-refractivity contribution in [3.8, 4) is 0 Å². The van der Waals surface area contributed by atoms with Gasteiger partial charge in [-0.15, -0.1) is 0 Å². The third-order valence-electron chi connectivity index (χ3n) is 3.21. The minimum absolute atomic E-state index is 0.0153. The molecule has 0 heterocycles. The normalized spacial score (nSPS) is 11.0. The molecule has 0 aromatic heterocycles. The summed E-state index contributed by atoms with van der Waals surface area (Å²) in [6.07, 6.45) is -4.99. The maximum Gasteiger partial charge on any atom is 0.416 e. The lowest BCUT2D eigenvalue weighted by atomic mass is 10.2. The van der Waals surface area contributed by atoms with Crippen LogP contribution >= 0.6 is 0 Å². The molecular weight excluding hydrogens is 321 g/mol. The Morgan fingerprint density at radius 1 is 0.958 bits per heavy atom. The summed E-state index contributed by atoms with van der Waals surface area (Å²) in [6, 6.07) is 11.3. The Morgan fingerprint density at radius 3 is 2.29 bits per heavy atom. The van der Waals surface area contributed by atoms with Crippen molar-refractivity contribution in [2.75, 3.05) is 10.6 Å². The topological polar surface area (TPSA) is 58.2 Å². The first-order valence-electron chi connectivity index (χ1n) is 7.08. The summed E-state index contributed by atoms with van der Waals surface area (Å²) >= 11 is 0. The SMILES string of the molecule is Cc1ccccc1NC(=O)CC(=O)Nc1cccc(C(F)(F)F)c1. The van der Waals surface area contributed by atoms with Crippen molar-refractivity contribution in [3.05, 3.63) is 59.7 Å². The molecule has 24 heavy (non-hydrogen) atoms. The summed E-state index contributed by atoms with van der Waals surface area (Å²) in [5.74, 6) is -1.24. The highest BCUT2D eigenvalue weighted by atomic mass is 19.4. The first-order valence-corrected chi connectivity index (χ1v) is 7.08. The fourth-order valence-electron chi connectivity index (χ4n) is 2.03. The summed E-state index contributed by atoms with van der Waals surface area (Å²) < 4.78 is 37.9. The van der Waals surface area contributed by atoms with Crippen molar-refractivity contribution in [1.29, 1.82) is 0 Å². The predicted octanol–water partition coefficient (Wildman–Crippen LogP) is 3.98. The number of benzene rings is 2. The second-order valence-electron chi connectivity index (χ2n) is 5.17. The monoisotopic (exact) mass is 336 g/mol. The highest BCUT2D eigenvalue weighted by Crippen LogP contribution is 2.30. The predicted molar refractivity (Wildman–Crippen MR) is 84.5 cm³/mol. The third-order valence-corrected chi connectivity index (χ3v) is 3.21. The van der Waals surface area contributed by atoms with E-state index in [1.165, 1.54) is 12.1 Å². The quantitative estimate of drug-likeness (QED) is 0.830. The number of anilines is 2. The Kier molecular flexibility index (Phi) is 5.23. The Bertz CT molecular complexity index is 757. The molecule has 4 nitrogen and oxygen atoms in total. The summed E-state index contributed by atoms with van der Waals surface area (Å²) in [5, 5.41) is 4.87. The molecule has 0 unspecified atom stereocenters. The number of alkyl halides is 3. The van der Waals surface area contributed by atoms with Gasteiger partial charge in [-0.05, 0) is 36.8 Å². The van der Waals surface area contributed by atoms with Gasteiger partial charge in [-0.25, -0.2) is 0 Å². The number of nitrogens with one attached hydrogen (secondary N) is 2. The summed E-state index contributed by atoms with van der Waals surface area (Å²) in [6.45, 7) is 1.80. The van der Waals surface area contributed by atoms with Crippen LogP contribution in [0.25, 0.3) is 0 Å². The number of carbonyl (C=O) groups excluding carboxylic acids is 2. The van der Waals surface area contributed by atoms with Crippen molar-refractivity contribution in [3.63, 3.8) is 0 Å². The molecule has 2 rings (SSSR count). The fourth-order valence-corrected chi connectivity index (χ4v) is 2.03. The van der Waals surface area contributed by atoms with Crippen molar-refractivity contribution >= 4 is 23.2 Å². The molecule has 0 spiro atoms. The number of rotatable bonds is 4. The number of para-hydroxylation sites is 1. The van der Waals surface area contributed by atoms with Crippen molar-refractivity contribution in [1.82, 2.24) is 0 Å². The van der Waals surface area contributed by atoms with E-state index < -0.39 is 30.0 Å². The van der Waals surface area contributed by atoms with E-state index >= 15 is 0 Å². The van der Waals surface area contributed by atoms with Crippen LogP contribution < -0.4 is 10.6 Å². The van der Waals surface area contributed by atoms with Crippen LogP contribution in [0.3, 0.4) is 0 Å². The lowest BCUT2D eigenvalue weighted by molar-refractivity contribution is -0.137. The van der Waals surface area contributed by atoms with Crippen LogP contribution in [0.5, 0.6) is 0 Å². The van der Waals surface area contributed by atoms with Gasteiger partial charge < -0.3 is 10.6 Å². The van der Waals surface area contributed by atoms with E-state index in [4.69, 9.17) is 0 Å². The molecule has 0 fully saturated rings. The van der Waals surface area contributed by atoms with Crippen molar-refractivity contribution in [2.45, 2.75) is 19.5 Å². The van der Waals surface area contributed by atoms with Gasteiger partial charge in [0, 0.05) is 11.4 Å². The first-order chi connectivity index (χ1) is 11.3. The van der Waals surface area contributed by atoms with Crippen LogP contribution in [-0.2, 0) is 15.8 Å². The van der Waals surface area contributed by atoms with E-state index in [1.54, 1.807) is 25.1 Å². The van der Waals surface area contributed by atoms with Gasteiger partial charge >= 0.3 is 6.18 Å². The molecule has 7 heteroatoms. The van der Waals surface area contributed by atoms with Gasteiger partial charge in [0.2, 0.25) is 11.8 Å². The molecule has 0 bridgehead atoms. The van der Waals surface area contributed by atoms with E-state index in [0.717, 1.165) is 17.7 Å². The zero-order valence-electron chi connectivity index (χ0n) is 12.8. The number of carbonyl (C=O) groups is 2.